The Morgan fingerprint density at radius 3 is 2.93 bits per heavy atom. The van der Waals surface area contributed by atoms with Gasteiger partial charge in [0.2, 0.25) is 0 Å². The second-order valence-corrected chi connectivity index (χ2v) is 4.83. The SMILES string of the molecule is Nc1ccc2c(c1)CCC2=CCC1CC1. The minimum Gasteiger partial charge on any atom is -0.399 e. The quantitative estimate of drug-likeness (QED) is 0.726. The molecule has 0 unspecified atom stereocenters. The highest BCUT2D eigenvalue weighted by Crippen LogP contribution is 2.37. The summed E-state index contributed by atoms with van der Waals surface area (Å²) >= 11 is 0. The van der Waals surface area contributed by atoms with E-state index in [0.29, 0.717) is 0 Å². The molecule has 0 atom stereocenters. The molecule has 0 bridgehead atoms. The number of hydrogen-bond acceptors (Lipinski definition) is 1. The Balaban J connectivity index is 1.86. The van der Waals surface area contributed by atoms with Crippen LogP contribution < -0.4 is 5.73 Å². The molecule has 1 saturated carbocycles. The van der Waals surface area contributed by atoms with Crippen LogP contribution in [0.4, 0.5) is 5.69 Å². The van der Waals surface area contributed by atoms with Crippen LogP contribution in [0.15, 0.2) is 24.3 Å². The number of aryl methyl sites for hydroxylation is 1. The third kappa shape index (κ3) is 1.79. The molecule has 78 valence electrons. The maximum absolute atomic E-state index is 5.79. The van der Waals surface area contributed by atoms with Crippen LogP contribution in [0, 0.1) is 5.92 Å². The van der Waals surface area contributed by atoms with Crippen molar-refractivity contribution in [1.82, 2.24) is 0 Å². The zero-order valence-electron chi connectivity index (χ0n) is 9.00. The van der Waals surface area contributed by atoms with Crippen LogP contribution in [-0.4, -0.2) is 0 Å². The zero-order valence-corrected chi connectivity index (χ0v) is 9.00. The van der Waals surface area contributed by atoms with Gasteiger partial charge in [-0.25, -0.2) is 0 Å². The van der Waals surface area contributed by atoms with E-state index in [2.05, 4.69) is 18.2 Å². The van der Waals surface area contributed by atoms with Crippen LogP contribution in [-0.2, 0) is 6.42 Å². The molecule has 0 heterocycles. The van der Waals surface area contributed by atoms with Gasteiger partial charge in [-0.1, -0.05) is 12.1 Å². The summed E-state index contributed by atoms with van der Waals surface area (Å²) in [6.07, 6.45) is 9.03. The fourth-order valence-electron chi connectivity index (χ4n) is 2.41. The summed E-state index contributed by atoms with van der Waals surface area (Å²) in [5.41, 5.74) is 11.1. The first-order valence-corrected chi connectivity index (χ1v) is 5.91. The van der Waals surface area contributed by atoms with E-state index in [-0.39, 0.29) is 0 Å². The zero-order chi connectivity index (χ0) is 10.3. The van der Waals surface area contributed by atoms with Gasteiger partial charge in [0.25, 0.3) is 0 Å². The van der Waals surface area contributed by atoms with Crippen LogP contribution in [0.2, 0.25) is 0 Å². The number of fused-ring (bicyclic) bond motifs is 1. The number of anilines is 1. The smallest absolute Gasteiger partial charge is 0.0317 e. The van der Waals surface area contributed by atoms with Crippen molar-refractivity contribution in [3.05, 3.63) is 35.4 Å². The van der Waals surface area contributed by atoms with E-state index < -0.39 is 0 Å². The Labute approximate surface area is 91.0 Å². The van der Waals surface area contributed by atoms with Gasteiger partial charge in [-0.15, -0.1) is 0 Å². The molecule has 0 aromatic heterocycles. The molecule has 1 heteroatoms. The highest BCUT2D eigenvalue weighted by Gasteiger charge is 2.21. The average Bonchev–Trinajstić information content (AvgIpc) is 2.97. The molecular formula is C14H17N. The lowest BCUT2D eigenvalue weighted by atomic mass is 10.1. The first-order chi connectivity index (χ1) is 7.33. The van der Waals surface area contributed by atoms with E-state index in [9.17, 15) is 0 Å². The number of benzene rings is 1. The fourth-order valence-corrected chi connectivity index (χ4v) is 2.41. The van der Waals surface area contributed by atoms with Crippen molar-refractivity contribution >= 4 is 11.3 Å². The van der Waals surface area contributed by atoms with Gasteiger partial charge in [0.15, 0.2) is 0 Å². The number of rotatable bonds is 2. The normalized spacial score (nSPS) is 22.0. The summed E-state index contributed by atoms with van der Waals surface area (Å²) < 4.78 is 0. The minimum atomic E-state index is 0.900. The van der Waals surface area contributed by atoms with Gasteiger partial charge in [0.05, 0.1) is 0 Å². The summed E-state index contributed by atoms with van der Waals surface area (Å²) in [5.74, 6) is 0.996. The van der Waals surface area contributed by atoms with Gasteiger partial charge in [0.1, 0.15) is 0 Å². The van der Waals surface area contributed by atoms with Crippen molar-refractivity contribution in [1.29, 1.82) is 0 Å². The number of allylic oxidation sites excluding steroid dienone is 2. The summed E-state index contributed by atoms with van der Waals surface area (Å²) in [4.78, 5) is 0. The van der Waals surface area contributed by atoms with Crippen molar-refractivity contribution in [2.75, 3.05) is 5.73 Å². The largest absolute Gasteiger partial charge is 0.399 e. The monoisotopic (exact) mass is 199 g/mol. The van der Waals surface area contributed by atoms with Crippen molar-refractivity contribution < 1.29 is 0 Å². The van der Waals surface area contributed by atoms with E-state index >= 15 is 0 Å². The molecule has 2 aliphatic rings. The Morgan fingerprint density at radius 1 is 1.27 bits per heavy atom. The first-order valence-electron chi connectivity index (χ1n) is 5.91. The molecule has 1 aromatic rings. The maximum Gasteiger partial charge on any atom is 0.0317 e. The van der Waals surface area contributed by atoms with Crippen LogP contribution in [0.25, 0.3) is 5.57 Å². The summed E-state index contributed by atoms with van der Waals surface area (Å²) in [5, 5.41) is 0. The highest BCUT2D eigenvalue weighted by molar-refractivity contribution is 5.74. The molecule has 0 aliphatic heterocycles. The Kier molecular flexibility index (Phi) is 2.05. The molecule has 1 nitrogen and oxygen atoms in total. The predicted molar refractivity (Wildman–Crippen MR) is 64.5 cm³/mol. The molecule has 2 aliphatic carbocycles. The topological polar surface area (TPSA) is 26.0 Å². The lowest BCUT2D eigenvalue weighted by Gasteiger charge is -2.02. The van der Waals surface area contributed by atoms with E-state index in [1.54, 1.807) is 5.57 Å². The van der Waals surface area contributed by atoms with Crippen molar-refractivity contribution in [3.8, 4) is 0 Å². The number of nitrogen functional groups attached to an aromatic ring is 1. The van der Waals surface area contributed by atoms with Crippen molar-refractivity contribution in [2.24, 2.45) is 5.92 Å². The van der Waals surface area contributed by atoms with E-state index in [1.165, 1.54) is 43.2 Å². The molecule has 1 aromatic carbocycles. The van der Waals surface area contributed by atoms with E-state index in [0.717, 1.165) is 11.6 Å². The second-order valence-electron chi connectivity index (χ2n) is 4.83. The standard InChI is InChI=1S/C14H17N/c15-13-7-8-14-11(4-3-10-1-2-10)5-6-12(14)9-13/h4,7-10H,1-3,5-6,15H2. The highest BCUT2D eigenvalue weighted by atomic mass is 14.5. The minimum absolute atomic E-state index is 0.900. The fraction of sp³-hybridized carbons (Fsp3) is 0.429. The summed E-state index contributed by atoms with van der Waals surface area (Å²) in [6, 6.07) is 6.35. The van der Waals surface area contributed by atoms with Crippen LogP contribution >= 0.6 is 0 Å². The lowest BCUT2D eigenvalue weighted by Crippen LogP contribution is -1.87. The van der Waals surface area contributed by atoms with Gasteiger partial charge in [-0.05, 0) is 66.9 Å². The first kappa shape index (κ1) is 9.02. The number of nitrogens with two attached hydrogens (primary N) is 1. The van der Waals surface area contributed by atoms with Gasteiger partial charge in [0, 0.05) is 5.69 Å². The molecule has 0 spiro atoms. The van der Waals surface area contributed by atoms with Crippen LogP contribution in [0.3, 0.4) is 0 Å². The van der Waals surface area contributed by atoms with Crippen molar-refractivity contribution in [3.63, 3.8) is 0 Å². The molecule has 0 saturated heterocycles. The summed E-state index contributed by atoms with van der Waals surface area (Å²) in [7, 11) is 0. The summed E-state index contributed by atoms with van der Waals surface area (Å²) in [6.45, 7) is 0. The van der Waals surface area contributed by atoms with E-state index in [4.69, 9.17) is 5.73 Å². The van der Waals surface area contributed by atoms with Gasteiger partial charge < -0.3 is 5.73 Å². The van der Waals surface area contributed by atoms with Gasteiger partial charge in [-0.2, -0.15) is 0 Å². The molecule has 0 amide bonds. The molecule has 2 N–H and O–H groups in total. The Bertz CT molecular complexity index is 413. The van der Waals surface area contributed by atoms with Crippen molar-refractivity contribution in [2.45, 2.75) is 32.1 Å². The second kappa shape index (κ2) is 3.41. The average molecular weight is 199 g/mol. The van der Waals surface area contributed by atoms with Gasteiger partial charge >= 0.3 is 0 Å². The molecule has 1 fully saturated rings. The van der Waals surface area contributed by atoms with Crippen LogP contribution in [0.5, 0.6) is 0 Å². The molecule has 3 rings (SSSR count). The molecular weight excluding hydrogens is 182 g/mol. The molecule has 0 radical (unpaired) electrons. The van der Waals surface area contributed by atoms with Gasteiger partial charge in [-0.3, -0.25) is 0 Å². The van der Waals surface area contributed by atoms with Crippen LogP contribution in [0.1, 0.15) is 36.8 Å². The van der Waals surface area contributed by atoms with E-state index in [1.807, 2.05) is 6.07 Å². The third-order valence-corrected chi connectivity index (χ3v) is 3.53. The number of hydrogen-bond donors (Lipinski definition) is 1. The third-order valence-electron chi connectivity index (χ3n) is 3.53. The Hall–Kier alpha value is -1.24. The predicted octanol–water partition coefficient (Wildman–Crippen LogP) is 3.40. The molecule has 15 heavy (non-hydrogen) atoms. The maximum atomic E-state index is 5.79. The Morgan fingerprint density at radius 2 is 2.13 bits per heavy atom. The lowest BCUT2D eigenvalue weighted by molar-refractivity contribution is 0.861.